The van der Waals surface area contributed by atoms with E-state index >= 15 is 0 Å². The molecule has 3 aromatic heterocycles. The highest BCUT2D eigenvalue weighted by Gasteiger charge is 2.20. The number of hydrogen-bond acceptors (Lipinski definition) is 6. The maximum absolute atomic E-state index is 13.1. The number of nitrogens with zero attached hydrogens (tertiary/aromatic N) is 3. The Balaban J connectivity index is 2.04. The molecule has 0 saturated carbocycles. The molecule has 0 atom stereocenters. The molecule has 0 aliphatic carbocycles. The van der Waals surface area contributed by atoms with Crippen molar-refractivity contribution < 1.29 is 13.9 Å². The lowest BCUT2D eigenvalue weighted by Crippen LogP contribution is -2.43. The highest BCUT2D eigenvalue weighted by Crippen LogP contribution is 2.25. The zero-order valence-electron chi connectivity index (χ0n) is 16.0. The van der Waals surface area contributed by atoms with Gasteiger partial charge in [-0.1, -0.05) is 6.92 Å². The van der Waals surface area contributed by atoms with Crippen molar-refractivity contribution in [1.29, 1.82) is 0 Å². The lowest BCUT2D eigenvalue weighted by Gasteiger charge is -2.15. The number of carbonyl (C=O) groups excluding carboxylic acids is 1. The minimum Gasteiger partial charge on any atom is -0.493 e. The van der Waals surface area contributed by atoms with Crippen LogP contribution in [0.3, 0.4) is 0 Å². The number of furan rings is 1. The standard InChI is InChI=1S/C19H22N4O5/c1-4-12-9-21-17-15(16(12)27-5-2)18(25)23(19(26)22(17)3)11-14(24)20-10-13-7-6-8-28-13/h6-9H,4-5,10-11H2,1-3H3,(H,20,24). The van der Waals surface area contributed by atoms with Gasteiger partial charge in [-0.25, -0.2) is 14.3 Å². The quantitative estimate of drug-likeness (QED) is 0.648. The molecule has 9 heteroatoms. The number of aromatic nitrogens is 3. The summed E-state index contributed by atoms with van der Waals surface area (Å²) >= 11 is 0. The van der Waals surface area contributed by atoms with Crippen molar-refractivity contribution in [3.8, 4) is 5.75 Å². The van der Waals surface area contributed by atoms with Crippen LogP contribution in [0.25, 0.3) is 11.0 Å². The average Bonchev–Trinajstić information content (AvgIpc) is 3.21. The van der Waals surface area contributed by atoms with Gasteiger partial charge in [0, 0.05) is 18.8 Å². The lowest BCUT2D eigenvalue weighted by molar-refractivity contribution is -0.122. The second-order valence-electron chi connectivity index (χ2n) is 6.19. The van der Waals surface area contributed by atoms with Crippen molar-refractivity contribution in [3.63, 3.8) is 0 Å². The minimum atomic E-state index is -0.621. The molecule has 0 unspecified atom stereocenters. The molecule has 9 nitrogen and oxygen atoms in total. The first-order chi connectivity index (χ1) is 13.5. The third-order valence-corrected chi connectivity index (χ3v) is 4.39. The summed E-state index contributed by atoms with van der Waals surface area (Å²) in [4.78, 5) is 42.3. The average molecular weight is 386 g/mol. The summed E-state index contributed by atoms with van der Waals surface area (Å²) in [5, 5.41) is 2.83. The molecule has 0 radical (unpaired) electrons. The lowest BCUT2D eigenvalue weighted by atomic mass is 10.1. The molecule has 1 N–H and O–H groups in total. The number of carbonyl (C=O) groups is 1. The molecule has 0 bridgehead atoms. The Morgan fingerprint density at radius 3 is 2.75 bits per heavy atom. The van der Waals surface area contributed by atoms with Gasteiger partial charge in [0.05, 0.1) is 19.4 Å². The summed E-state index contributed by atoms with van der Waals surface area (Å²) in [6.07, 6.45) is 3.72. The maximum Gasteiger partial charge on any atom is 0.332 e. The molecule has 148 valence electrons. The third kappa shape index (κ3) is 3.55. The van der Waals surface area contributed by atoms with E-state index in [1.54, 1.807) is 18.3 Å². The van der Waals surface area contributed by atoms with Crippen LogP contribution in [0.4, 0.5) is 0 Å². The van der Waals surface area contributed by atoms with Gasteiger partial charge in [-0.15, -0.1) is 0 Å². The van der Waals surface area contributed by atoms with E-state index in [2.05, 4.69) is 10.3 Å². The number of amides is 1. The Morgan fingerprint density at radius 1 is 1.32 bits per heavy atom. The predicted molar refractivity (Wildman–Crippen MR) is 102 cm³/mol. The summed E-state index contributed by atoms with van der Waals surface area (Å²) in [5.74, 6) is 0.496. The third-order valence-electron chi connectivity index (χ3n) is 4.39. The molecule has 3 heterocycles. The molecular weight excluding hydrogens is 364 g/mol. The van der Waals surface area contributed by atoms with Crippen molar-refractivity contribution in [3.05, 3.63) is 56.8 Å². The minimum absolute atomic E-state index is 0.167. The van der Waals surface area contributed by atoms with Gasteiger partial charge in [-0.3, -0.25) is 14.2 Å². The SMILES string of the molecule is CCOc1c(CC)cnc2c1c(=O)n(CC(=O)NCc1ccco1)c(=O)n2C. The topological polar surface area (TPSA) is 108 Å². The Bertz CT molecular complexity index is 1110. The van der Waals surface area contributed by atoms with Crippen LogP contribution in [0.15, 0.2) is 38.6 Å². The monoisotopic (exact) mass is 386 g/mol. The molecule has 3 rings (SSSR count). The summed E-state index contributed by atoms with van der Waals surface area (Å²) in [5.41, 5.74) is -0.232. The van der Waals surface area contributed by atoms with E-state index in [9.17, 15) is 14.4 Å². The van der Waals surface area contributed by atoms with Crippen molar-refractivity contribution >= 4 is 16.9 Å². The van der Waals surface area contributed by atoms with E-state index in [4.69, 9.17) is 9.15 Å². The molecule has 28 heavy (non-hydrogen) atoms. The van der Waals surface area contributed by atoms with E-state index in [0.717, 1.165) is 10.1 Å². The van der Waals surface area contributed by atoms with Gasteiger partial charge in [-0.05, 0) is 25.5 Å². The van der Waals surface area contributed by atoms with Crippen molar-refractivity contribution in [1.82, 2.24) is 19.4 Å². The Hall–Kier alpha value is -3.36. The normalized spacial score (nSPS) is 11.0. The van der Waals surface area contributed by atoms with E-state index in [-0.39, 0.29) is 17.6 Å². The molecule has 0 fully saturated rings. The van der Waals surface area contributed by atoms with Crippen LogP contribution in [0.1, 0.15) is 25.2 Å². The summed E-state index contributed by atoms with van der Waals surface area (Å²) in [6.45, 7) is 3.85. The van der Waals surface area contributed by atoms with E-state index in [1.165, 1.54) is 17.9 Å². The summed E-state index contributed by atoms with van der Waals surface area (Å²) in [6, 6.07) is 3.42. The van der Waals surface area contributed by atoms with E-state index in [0.29, 0.717) is 24.5 Å². The van der Waals surface area contributed by atoms with E-state index in [1.807, 2.05) is 13.8 Å². The maximum atomic E-state index is 13.1. The van der Waals surface area contributed by atoms with Crippen molar-refractivity contribution in [2.75, 3.05) is 6.61 Å². The number of nitrogens with one attached hydrogen (secondary N) is 1. The Labute approximate surface area is 160 Å². The fourth-order valence-corrected chi connectivity index (χ4v) is 2.96. The molecule has 0 saturated heterocycles. The van der Waals surface area contributed by atoms with Gasteiger partial charge in [0.2, 0.25) is 5.91 Å². The van der Waals surface area contributed by atoms with Crippen LogP contribution in [-0.2, 0) is 31.4 Å². The molecule has 1 amide bonds. The molecule has 3 aromatic rings. The molecular formula is C19H22N4O5. The highest BCUT2D eigenvalue weighted by atomic mass is 16.5. The van der Waals surface area contributed by atoms with Gasteiger partial charge < -0.3 is 14.5 Å². The predicted octanol–water partition coefficient (Wildman–Crippen LogP) is 0.966. The van der Waals surface area contributed by atoms with Crippen LogP contribution in [0.5, 0.6) is 5.75 Å². The summed E-state index contributed by atoms with van der Waals surface area (Å²) < 4.78 is 13.0. The van der Waals surface area contributed by atoms with Crippen LogP contribution in [0, 0.1) is 0 Å². The molecule has 0 aliphatic rings. The molecule has 0 aromatic carbocycles. The number of rotatable bonds is 7. The van der Waals surface area contributed by atoms with Gasteiger partial charge in [0.25, 0.3) is 5.56 Å². The zero-order valence-corrected chi connectivity index (χ0v) is 16.0. The smallest absolute Gasteiger partial charge is 0.332 e. The van der Waals surface area contributed by atoms with Crippen molar-refractivity contribution in [2.45, 2.75) is 33.4 Å². The fraction of sp³-hybridized carbons (Fsp3) is 0.368. The number of aryl methyl sites for hydroxylation is 2. The number of pyridine rings is 1. The Morgan fingerprint density at radius 2 is 2.11 bits per heavy atom. The summed E-state index contributed by atoms with van der Waals surface area (Å²) in [7, 11) is 1.51. The van der Waals surface area contributed by atoms with Crippen LogP contribution < -0.4 is 21.3 Å². The van der Waals surface area contributed by atoms with Gasteiger partial charge in [-0.2, -0.15) is 0 Å². The van der Waals surface area contributed by atoms with Gasteiger partial charge >= 0.3 is 5.69 Å². The zero-order chi connectivity index (χ0) is 20.3. The fourth-order valence-electron chi connectivity index (χ4n) is 2.96. The molecule has 0 spiro atoms. The van der Waals surface area contributed by atoms with Crippen LogP contribution in [0.2, 0.25) is 0 Å². The van der Waals surface area contributed by atoms with E-state index < -0.39 is 23.7 Å². The number of hydrogen-bond donors (Lipinski definition) is 1. The number of fused-ring (bicyclic) bond motifs is 1. The van der Waals surface area contributed by atoms with Crippen LogP contribution in [-0.4, -0.2) is 26.6 Å². The van der Waals surface area contributed by atoms with Gasteiger partial charge in [0.1, 0.15) is 23.4 Å². The van der Waals surface area contributed by atoms with Crippen molar-refractivity contribution in [2.24, 2.45) is 7.05 Å². The Kier molecular flexibility index (Phi) is 5.62. The first-order valence-electron chi connectivity index (χ1n) is 9.01. The largest absolute Gasteiger partial charge is 0.493 e. The highest BCUT2D eigenvalue weighted by molar-refractivity contribution is 5.83. The second kappa shape index (κ2) is 8.12. The van der Waals surface area contributed by atoms with Gasteiger partial charge in [0.15, 0.2) is 5.65 Å². The second-order valence-corrected chi connectivity index (χ2v) is 6.19. The first kappa shape index (κ1) is 19.4. The molecule has 0 aliphatic heterocycles. The number of ether oxygens (including phenoxy) is 1. The first-order valence-corrected chi connectivity index (χ1v) is 9.01. The van der Waals surface area contributed by atoms with Crippen LogP contribution >= 0.6 is 0 Å².